The largest absolute Gasteiger partial charge is 0.449 e. The zero-order valence-corrected chi connectivity index (χ0v) is 21.4. The Morgan fingerprint density at radius 1 is 0.868 bits per heavy atom. The molecule has 0 saturated heterocycles. The molecule has 0 N–H and O–H groups in total. The summed E-state index contributed by atoms with van der Waals surface area (Å²) in [6.45, 7) is 1.71. The first-order valence-corrected chi connectivity index (χ1v) is 12.9. The topological polar surface area (TPSA) is 49.9 Å². The van der Waals surface area contributed by atoms with Crippen LogP contribution in [0.1, 0.15) is 32.6 Å². The zero-order chi connectivity index (χ0) is 26.1. The molecule has 4 aromatic rings. The summed E-state index contributed by atoms with van der Waals surface area (Å²) in [6.07, 6.45) is 2.58. The zero-order valence-electron chi connectivity index (χ0n) is 20.6. The summed E-state index contributed by atoms with van der Waals surface area (Å²) in [5.74, 6) is 0.617. The molecule has 5 nitrogen and oxygen atoms in total. The molecule has 6 rings (SSSR count). The van der Waals surface area contributed by atoms with E-state index in [0.29, 0.717) is 41.7 Å². The van der Waals surface area contributed by atoms with Crippen LogP contribution in [0.2, 0.25) is 5.02 Å². The van der Waals surface area contributed by atoms with Crippen molar-refractivity contribution in [2.45, 2.75) is 19.5 Å². The third-order valence-electron chi connectivity index (χ3n) is 6.96. The Balaban J connectivity index is 1.22. The van der Waals surface area contributed by atoms with Gasteiger partial charge in [0.2, 0.25) is 0 Å². The van der Waals surface area contributed by atoms with Gasteiger partial charge in [0.05, 0.1) is 12.2 Å². The van der Waals surface area contributed by atoms with Crippen LogP contribution in [0.5, 0.6) is 5.75 Å². The summed E-state index contributed by atoms with van der Waals surface area (Å²) in [6, 6.07) is 30.5. The molecule has 0 fully saturated rings. The number of halogens is 1. The molecule has 0 aliphatic carbocycles. The molecule has 2 heterocycles. The van der Waals surface area contributed by atoms with Gasteiger partial charge < -0.3 is 9.64 Å². The molecule has 0 unspecified atom stereocenters. The van der Waals surface area contributed by atoms with Crippen molar-refractivity contribution in [3.05, 3.63) is 136 Å². The van der Waals surface area contributed by atoms with E-state index >= 15 is 0 Å². The van der Waals surface area contributed by atoms with Crippen molar-refractivity contribution in [2.24, 2.45) is 0 Å². The Hall–Kier alpha value is -4.35. The number of ether oxygens (including phenoxy) is 1. The Bertz CT molecular complexity index is 1540. The van der Waals surface area contributed by atoms with E-state index in [4.69, 9.17) is 16.3 Å². The molecule has 0 aromatic heterocycles. The molecular weight excluding hydrogens is 496 g/mol. The van der Waals surface area contributed by atoms with E-state index in [1.54, 1.807) is 11.0 Å². The lowest BCUT2D eigenvalue weighted by atomic mass is 9.99. The first-order valence-electron chi connectivity index (χ1n) is 12.6. The van der Waals surface area contributed by atoms with Gasteiger partial charge in [0.15, 0.2) is 11.5 Å². The van der Waals surface area contributed by atoms with Gasteiger partial charge in [-0.2, -0.15) is 0 Å². The summed E-state index contributed by atoms with van der Waals surface area (Å²) in [4.78, 5) is 30.2. The van der Waals surface area contributed by atoms with Crippen molar-refractivity contribution in [3.63, 3.8) is 0 Å². The molecule has 38 heavy (non-hydrogen) atoms. The summed E-state index contributed by atoms with van der Waals surface area (Å²) in [5, 5.41) is 0.648. The first-order chi connectivity index (χ1) is 18.5. The molecule has 0 saturated carbocycles. The minimum atomic E-state index is -0.231. The lowest BCUT2D eigenvalue weighted by Gasteiger charge is -2.30. The Morgan fingerprint density at radius 2 is 1.58 bits per heavy atom. The van der Waals surface area contributed by atoms with Crippen LogP contribution in [0.3, 0.4) is 0 Å². The predicted molar refractivity (Wildman–Crippen MR) is 149 cm³/mol. The van der Waals surface area contributed by atoms with Gasteiger partial charge in [-0.1, -0.05) is 72.3 Å². The second-order valence-corrected chi connectivity index (χ2v) is 9.90. The molecule has 188 valence electrons. The number of fused-ring (bicyclic) bond motifs is 2. The quantitative estimate of drug-likeness (QED) is 0.288. The first kappa shape index (κ1) is 24.0. The summed E-state index contributed by atoms with van der Waals surface area (Å²) >= 11 is 6.04. The molecule has 0 bridgehead atoms. The van der Waals surface area contributed by atoms with Crippen molar-refractivity contribution in [3.8, 4) is 5.75 Å². The van der Waals surface area contributed by atoms with Crippen LogP contribution in [0.25, 0.3) is 6.08 Å². The number of para-hydroxylation sites is 2. The maximum atomic E-state index is 13.5. The monoisotopic (exact) mass is 520 g/mol. The van der Waals surface area contributed by atoms with Crippen LogP contribution in [-0.2, 0) is 24.3 Å². The molecule has 4 aromatic carbocycles. The third kappa shape index (κ3) is 4.81. The second-order valence-electron chi connectivity index (χ2n) is 9.46. The summed E-state index contributed by atoms with van der Waals surface area (Å²) in [5.41, 5.74) is 5.58. The average Bonchev–Trinajstić information content (AvgIpc) is 2.96. The van der Waals surface area contributed by atoms with Crippen LogP contribution in [0, 0.1) is 0 Å². The highest BCUT2D eigenvalue weighted by atomic mass is 35.5. The van der Waals surface area contributed by atoms with Crippen LogP contribution >= 0.6 is 11.6 Å². The van der Waals surface area contributed by atoms with Gasteiger partial charge in [0, 0.05) is 23.7 Å². The Morgan fingerprint density at radius 3 is 2.37 bits per heavy atom. The van der Waals surface area contributed by atoms with Gasteiger partial charge in [-0.05, 0) is 71.1 Å². The van der Waals surface area contributed by atoms with E-state index in [2.05, 4.69) is 12.1 Å². The van der Waals surface area contributed by atoms with E-state index in [9.17, 15) is 9.59 Å². The number of anilines is 1. The smallest absolute Gasteiger partial charge is 0.294 e. The van der Waals surface area contributed by atoms with Gasteiger partial charge in [-0.25, -0.2) is 0 Å². The van der Waals surface area contributed by atoms with Crippen LogP contribution in [-0.4, -0.2) is 23.3 Å². The van der Waals surface area contributed by atoms with Gasteiger partial charge in [-0.3, -0.25) is 14.5 Å². The highest BCUT2D eigenvalue weighted by molar-refractivity contribution is 6.30. The number of benzene rings is 4. The minimum Gasteiger partial charge on any atom is -0.449 e. The van der Waals surface area contributed by atoms with Crippen molar-refractivity contribution < 1.29 is 14.3 Å². The molecule has 0 atom stereocenters. The average molecular weight is 521 g/mol. The van der Waals surface area contributed by atoms with Gasteiger partial charge in [0.1, 0.15) is 0 Å². The third-order valence-corrected chi connectivity index (χ3v) is 7.21. The Labute approximate surface area is 226 Å². The number of hydrogen-bond acceptors (Lipinski definition) is 3. The number of amides is 2. The molecule has 2 aliphatic rings. The van der Waals surface area contributed by atoms with E-state index < -0.39 is 0 Å². The highest BCUT2D eigenvalue weighted by Gasteiger charge is 2.30. The standard InChI is InChI=1S/C32H25ClN2O3/c33-27-15-11-23(12-16-27)20-35-28-7-3-4-8-29(28)38-30(32(35)37)19-22-9-13-25(14-10-22)31(36)34-18-17-24-5-1-2-6-26(24)21-34/h1-16,19H,17-18,20-21H2/b30-19-. The van der Waals surface area contributed by atoms with E-state index in [1.165, 1.54) is 11.1 Å². The molecule has 2 aliphatic heterocycles. The lowest BCUT2D eigenvalue weighted by Crippen LogP contribution is -2.36. The van der Waals surface area contributed by atoms with Gasteiger partial charge in [0.25, 0.3) is 11.8 Å². The number of carbonyl (C=O) groups excluding carboxylic acids is 2. The predicted octanol–water partition coefficient (Wildman–Crippen LogP) is 6.51. The fourth-order valence-corrected chi connectivity index (χ4v) is 5.04. The van der Waals surface area contributed by atoms with Gasteiger partial charge >= 0.3 is 0 Å². The van der Waals surface area contributed by atoms with Crippen molar-refractivity contribution in [2.75, 3.05) is 11.4 Å². The van der Waals surface area contributed by atoms with Crippen molar-refractivity contribution in [1.29, 1.82) is 0 Å². The number of rotatable bonds is 4. The van der Waals surface area contributed by atoms with Crippen LogP contribution in [0.15, 0.2) is 103 Å². The summed E-state index contributed by atoms with van der Waals surface area (Å²) in [7, 11) is 0. The van der Waals surface area contributed by atoms with Gasteiger partial charge in [-0.15, -0.1) is 0 Å². The summed E-state index contributed by atoms with van der Waals surface area (Å²) < 4.78 is 6.01. The molecule has 6 heteroatoms. The fraction of sp³-hybridized carbons (Fsp3) is 0.125. The minimum absolute atomic E-state index is 0.00626. The van der Waals surface area contributed by atoms with E-state index in [1.807, 2.05) is 89.8 Å². The number of carbonyl (C=O) groups is 2. The van der Waals surface area contributed by atoms with Crippen molar-refractivity contribution >= 4 is 35.2 Å². The van der Waals surface area contributed by atoms with Crippen LogP contribution in [0.4, 0.5) is 5.69 Å². The SMILES string of the molecule is O=C(c1ccc(/C=C2\Oc3ccccc3N(Cc3ccc(Cl)cc3)C2=O)cc1)N1CCc2ccccc2C1. The molecule has 2 amide bonds. The molecule has 0 spiro atoms. The van der Waals surface area contributed by atoms with Crippen LogP contribution < -0.4 is 9.64 Å². The maximum absolute atomic E-state index is 13.5. The highest BCUT2D eigenvalue weighted by Crippen LogP contribution is 2.36. The number of hydrogen-bond donors (Lipinski definition) is 0. The normalized spacial score (nSPS) is 15.6. The van der Waals surface area contributed by atoms with Crippen molar-refractivity contribution in [1.82, 2.24) is 4.90 Å². The maximum Gasteiger partial charge on any atom is 0.294 e. The van der Waals surface area contributed by atoms with E-state index in [-0.39, 0.29) is 17.6 Å². The van der Waals surface area contributed by atoms with E-state index in [0.717, 1.165) is 17.5 Å². The second kappa shape index (κ2) is 10.2. The molecule has 0 radical (unpaired) electrons. The Kier molecular flexibility index (Phi) is 6.44. The molecular formula is C32H25ClN2O3. The number of nitrogens with zero attached hydrogens (tertiary/aromatic N) is 2. The lowest BCUT2D eigenvalue weighted by molar-refractivity contribution is -0.117. The fourth-order valence-electron chi connectivity index (χ4n) is 4.92.